The average Bonchev–Trinajstić information content (AvgIpc) is 3.24. The molecule has 0 saturated carbocycles. The molecule has 5 nitrogen and oxygen atoms in total. The highest BCUT2D eigenvalue weighted by molar-refractivity contribution is 7.15. The number of hydrogen-bond acceptors (Lipinski definition) is 3. The van der Waals surface area contributed by atoms with Gasteiger partial charge >= 0.3 is 0 Å². The van der Waals surface area contributed by atoms with Crippen molar-refractivity contribution in [1.82, 2.24) is 9.88 Å². The largest absolute Gasteiger partial charge is 0.352 e. The van der Waals surface area contributed by atoms with Crippen LogP contribution in [0, 0.1) is 13.8 Å². The summed E-state index contributed by atoms with van der Waals surface area (Å²) in [5.74, 6) is -0.331. The Bertz CT molecular complexity index is 942. The van der Waals surface area contributed by atoms with Crippen LogP contribution >= 0.6 is 11.3 Å². The molecule has 2 amide bonds. The number of hydrogen-bond donors (Lipinski definition) is 2. The molecule has 6 heteroatoms. The van der Waals surface area contributed by atoms with Crippen LogP contribution in [-0.2, 0) is 0 Å². The zero-order valence-corrected chi connectivity index (χ0v) is 15.8. The summed E-state index contributed by atoms with van der Waals surface area (Å²) in [6.07, 6.45) is 3.86. The van der Waals surface area contributed by atoms with Gasteiger partial charge in [0, 0.05) is 35.1 Å². The maximum Gasteiger partial charge on any atom is 0.258 e. The van der Waals surface area contributed by atoms with Crippen molar-refractivity contribution in [2.75, 3.05) is 11.9 Å². The van der Waals surface area contributed by atoms with E-state index in [1.165, 1.54) is 0 Å². The second-order valence-electron chi connectivity index (χ2n) is 5.95. The lowest BCUT2D eigenvalue weighted by Crippen LogP contribution is -2.23. The molecule has 3 rings (SSSR count). The minimum atomic E-state index is -0.177. The van der Waals surface area contributed by atoms with Crippen LogP contribution in [0.5, 0.6) is 0 Å². The van der Waals surface area contributed by atoms with E-state index in [0.29, 0.717) is 23.4 Å². The van der Waals surface area contributed by atoms with E-state index in [2.05, 4.69) is 10.6 Å². The minimum absolute atomic E-state index is 0.154. The SMILES string of the molecule is CCNC(=O)c1cccc(NC(=O)c2c(-n3cccc3)sc(C)c2C)c1. The highest BCUT2D eigenvalue weighted by Crippen LogP contribution is 2.31. The quantitative estimate of drug-likeness (QED) is 0.711. The molecule has 0 saturated heterocycles. The van der Waals surface area contributed by atoms with Gasteiger partial charge in [-0.1, -0.05) is 6.07 Å². The van der Waals surface area contributed by atoms with Crippen LogP contribution in [0.2, 0.25) is 0 Å². The predicted octanol–water partition coefficient (Wildman–Crippen LogP) is 4.16. The number of aryl methyl sites for hydroxylation is 1. The van der Waals surface area contributed by atoms with Gasteiger partial charge in [0.05, 0.1) is 5.56 Å². The van der Waals surface area contributed by atoms with E-state index in [9.17, 15) is 9.59 Å². The summed E-state index contributed by atoms with van der Waals surface area (Å²) in [5.41, 5.74) is 2.75. The lowest BCUT2D eigenvalue weighted by Gasteiger charge is -2.10. The van der Waals surface area contributed by atoms with Gasteiger partial charge in [0.25, 0.3) is 11.8 Å². The number of anilines is 1. The molecule has 1 aromatic carbocycles. The lowest BCUT2D eigenvalue weighted by molar-refractivity contribution is 0.0954. The van der Waals surface area contributed by atoms with Crippen LogP contribution in [0.1, 0.15) is 38.1 Å². The first kappa shape index (κ1) is 17.9. The third-order valence-corrected chi connectivity index (χ3v) is 5.37. The maximum atomic E-state index is 13.0. The molecule has 134 valence electrons. The first-order chi connectivity index (χ1) is 12.5. The highest BCUT2D eigenvalue weighted by atomic mass is 32.1. The number of nitrogens with one attached hydrogen (secondary N) is 2. The summed E-state index contributed by atoms with van der Waals surface area (Å²) in [4.78, 5) is 26.1. The Morgan fingerprint density at radius 2 is 1.81 bits per heavy atom. The van der Waals surface area contributed by atoms with Crippen molar-refractivity contribution in [2.45, 2.75) is 20.8 Å². The Labute approximate surface area is 156 Å². The first-order valence-electron chi connectivity index (χ1n) is 8.44. The Balaban J connectivity index is 1.90. The van der Waals surface area contributed by atoms with Crippen LogP contribution in [0.15, 0.2) is 48.8 Å². The Morgan fingerprint density at radius 1 is 1.08 bits per heavy atom. The topological polar surface area (TPSA) is 63.1 Å². The lowest BCUT2D eigenvalue weighted by atomic mass is 10.1. The number of thiophene rings is 1. The zero-order chi connectivity index (χ0) is 18.7. The van der Waals surface area contributed by atoms with Gasteiger partial charge in [-0.15, -0.1) is 11.3 Å². The fraction of sp³-hybridized carbons (Fsp3) is 0.200. The van der Waals surface area contributed by atoms with Gasteiger partial charge in [0.1, 0.15) is 5.00 Å². The number of aromatic nitrogens is 1. The van der Waals surface area contributed by atoms with Crippen LogP contribution in [0.4, 0.5) is 5.69 Å². The van der Waals surface area contributed by atoms with Crippen molar-refractivity contribution in [3.8, 4) is 5.00 Å². The molecule has 2 aromatic heterocycles. The molecule has 3 aromatic rings. The van der Waals surface area contributed by atoms with Crippen molar-refractivity contribution in [3.05, 3.63) is 70.4 Å². The summed E-state index contributed by atoms with van der Waals surface area (Å²) in [6.45, 7) is 6.40. The first-order valence-corrected chi connectivity index (χ1v) is 9.26. The van der Waals surface area contributed by atoms with E-state index in [1.807, 2.05) is 49.9 Å². The molecule has 2 heterocycles. The molecular weight excluding hydrogens is 346 g/mol. The van der Waals surface area contributed by atoms with Crippen molar-refractivity contribution in [3.63, 3.8) is 0 Å². The summed E-state index contributed by atoms with van der Waals surface area (Å²) < 4.78 is 1.95. The van der Waals surface area contributed by atoms with E-state index in [1.54, 1.807) is 35.6 Å². The molecule has 0 unspecified atom stereocenters. The van der Waals surface area contributed by atoms with Gasteiger partial charge in [-0.05, 0) is 56.7 Å². The Hall–Kier alpha value is -2.86. The number of carbonyl (C=O) groups is 2. The smallest absolute Gasteiger partial charge is 0.258 e. The fourth-order valence-corrected chi connectivity index (χ4v) is 3.84. The van der Waals surface area contributed by atoms with Gasteiger partial charge in [-0.2, -0.15) is 0 Å². The van der Waals surface area contributed by atoms with E-state index in [0.717, 1.165) is 15.4 Å². The standard InChI is InChI=1S/C20H21N3O2S/c1-4-21-18(24)15-8-7-9-16(12-15)22-19(25)17-13(2)14(3)26-20(17)23-10-5-6-11-23/h5-12H,4H2,1-3H3,(H,21,24)(H,22,25). The summed E-state index contributed by atoms with van der Waals surface area (Å²) >= 11 is 1.59. The number of amides is 2. The molecule has 0 aliphatic carbocycles. The molecule has 0 aliphatic heterocycles. The summed E-state index contributed by atoms with van der Waals surface area (Å²) in [7, 11) is 0. The molecule has 2 N–H and O–H groups in total. The van der Waals surface area contributed by atoms with E-state index in [4.69, 9.17) is 0 Å². The molecule has 0 atom stereocenters. The number of benzene rings is 1. The third kappa shape index (κ3) is 3.55. The monoisotopic (exact) mass is 367 g/mol. The molecule has 0 fully saturated rings. The zero-order valence-electron chi connectivity index (χ0n) is 15.0. The minimum Gasteiger partial charge on any atom is -0.352 e. The van der Waals surface area contributed by atoms with E-state index < -0.39 is 0 Å². The normalized spacial score (nSPS) is 10.6. The number of carbonyl (C=O) groups excluding carboxylic acids is 2. The van der Waals surface area contributed by atoms with Crippen LogP contribution in [0.25, 0.3) is 5.00 Å². The molecule has 0 aliphatic rings. The van der Waals surface area contributed by atoms with Crippen molar-refractivity contribution in [1.29, 1.82) is 0 Å². The van der Waals surface area contributed by atoms with Crippen molar-refractivity contribution >= 4 is 28.8 Å². The molecule has 26 heavy (non-hydrogen) atoms. The molecular formula is C20H21N3O2S. The molecule has 0 radical (unpaired) electrons. The van der Waals surface area contributed by atoms with E-state index in [-0.39, 0.29) is 11.8 Å². The van der Waals surface area contributed by atoms with Gasteiger partial charge in [-0.25, -0.2) is 0 Å². The van der Waals surface area contributed by atoms with Gasteiger partial charge in [-0.3, -0.25) is 9.59 Å². The highest BCUT2D eigenvalue weighted by Gasteiger charge is 2.20. The van der Waals surface area contributed by atoms with Gasteiger partial charge in [0.2, 0.25) is 0 Å². The summed E-state index contributed by atoms with van der Waals surface area (Å²) in [5, 5.41) is 6.58. The Kier molecular flexibility index (Phi) is 5.23. The predicted molar refractivity (Wildman–Crippen MR) is 106 cm³/mol. The maximum absolute atomic E-state index is 13.0. The summed E-state index contributed by atoms with van der Waals surface area (Å²) in [6, 6.07) is 10.8. The van der Waals surface area contributed by atoms with E-state index >= 15 is 0 Å². The molecule has 0 bridgehead atoms. The number of nitrogens with zero attached hydrogens (tertiary/aromatic N) is 1. The third-order valence-electron chi connectivity index (χ3n) is 4.15. The fourth-order valence-electron chi connectivity index (χ4n) is 2.72. The average molecular weight is 367 g/mol. The second-order valence-corrected chi connectivity index (χ2v) is 7.15. The van der Waals surface area contributed by atoms with Crippen LogP contribution < -0.4 is 10.6 Å². The molecule has 0 spiro atoms. The number of rotatable bonds is 5. The van der Waals surface area contributed by atoms with Crippen LogP contribution in [-0.4, -0.2) is 22.9 Å². The Morgan fingerprint density at radius 3 is 2.50 bits per heavy atom. The van der Waals surface area contributed by atoms with Gasteiger partial charge in [0.15, 0.2) is 0 Å². The second kappa shape index (κ2) is 7.58. The van der Waals surface area contributed by atoms with Crippen molar-refractivity contribution in [2.24, 2.45) is 0 Å². The van der Waals surface area contributed by atoms with Gasteiger partial charge < -0.3 is 15.2 Å². The van der Waals surface area contributed by atoms with Crippen molar-refractivity contribution < 1.29 is 9.59 Å². The van der Waals surface area contributed by atoms with Crippen LogP contribution in [0.3, 0.4) is 0 Å².